The van der Waals surface area contributed by atoms with Crippen LogP contribution in [0.25, 0.3) is 0 Å². The fraction of sp³-hybridized carbons (Fsp3) is 0.526. The summed E-state index contributed by atoms with van der Waals surface area (Å²) in [7, 11) is 0. The minimum absolute atomic E-state index is 0.0115. The molecule has 4 heterocycles. The van der Waals surface area contributed by atoms with Crippen molar-refractivity contribution in [2.45, 2.75) is 44.4 Å². The topological polar surface area (TPSA) is 47.7 Å². The molecule has 0 unspecified atom stereocenters. The zero-order valence-electron chi connectivity index (χ0n) is 14.1. The molecule has 0 saturated carbocycles. The highest BCUT2D eigenvalue weighted by atomic mass is 16.6. The van der Waals surface area contributed by atoms with Crippen LogP contribution in [0.15, 0.2) is 41.1 Å². The summed E-state index contributed by atoms with van der Waals surface area (Å²) < 4.78 is 17.9. The molecule has 24 heavy (non-hydrogen) atoms. The van der Waals surface area contributed by atoms with Gasteiger partial charge < -0.3 is 13.9 Å². The minimum atomic E-state index is -0.0115. The Morgan fingerprint density at radius 3 is 2.88 bits per heavy atom. The molecule has 4 rings (SSSR count). The maximum absolute atomic E-state index is 6.17. The highest BCUT2D eigenvalue weighted by Crippen LogP contribution is 2.37. The van der Waals surface area contributed by atoms with Gasteiger partial charge in [0, 0.05) is 25.7 Å². The number of furan rings is 1. The molecule has 2 aromatic heterocycles. The van der Waals surface area contributed by atoms with Crippen molar-refractivity contribution in [3.05, 3.63) is 48.2 Å². The van der Waals surface area contributed by atoms with E-state index in [4.69, 9.17) is 13.9 Å². The molecule has 2 aliphatic heterocycles. The summed E-state index contributed by atoms with van der Waals surface area (Å²) in [5.74, 6) is 2.86. The van der Waals surface area contributed by atoms with E-state index < -0.39 is 0 Å². The van der Waals surface area contributed by atoms with E-state index in [0.29, 0.717) is 6.61 Å². The number of aromatic nitrogens is 1. The lowest BCUT2D eigenvalue weighted by Gasteiger charge is -2.38. The van der Waals surface area contributed by atoms with Crippen LogP contribution in [0.4, 0.5) is 0 Å². The summed E-state index contributed by atoms with van der Waals surface area (Å²) in [6.07, 6.45) is 6.73. The zero-order valence-corrected chi connectivity index (χ0v) is 14.1. The van der Waals surface area contributed by atoms with Gasteiger partial charge in [-0.1, -0.05) is 0 Å². The van der Waals surface area contributed by atoms with Crippen molar-refractivity contribution in [1.82, 2.24) is 9.88 Å². The van der Waals surface area contributed by atoms with Crippen LogP contribution in [-0.2, 0) is 11.3 Å². The van der Waals surface area contributed by atoms with Crippen LogP contribution >= 0.6 is 0 Å². The van der Waals surface area contributed by atoms with Crippen molar-refractivity contribution in [2.75, 3.05) is 19.7 Å². The maximum Gasteiger partial charge on any atom is 0.138 e. The summed E-state index contributed by atoms with van der Waals surface area (Å²) in [4.78, 5) is 6.55. The molecular formula is C19H24N2O3. The molecule has 1 atom stereocenters. The Bertz CT molecular complexity index is 662. The molecule has 5 nitrogen and oxygen atoms in total. The fourth-order valence-corrected chi connectivity index (χ4v) is 3.75. The average molecular weight is 328 g/mol. The first-order valence-electron chi connectivity index (χ1n) is 8.69. The SMILES string of the molecule is Cc1ccc(CN2CCC3(CC2)C[C@@H](Oc2cccnc2)CO3)o1. The van der Waals surface area contributed by atoms with Gasteiger partial charge in [0.1, 0.15) is 23.4 Å². The zero-order chi connectivity index (χ0) is 16.4. The first kappa shape index (κ1) is 15.7. The lowest BCUT2D eigenvalue weighted by Crippen LogP contribution is -2.44. The molecule has 0 aliphatic carbocycles. The second kappa shape index (κ2) is 6.57. The van der Waals surface area contributed by atoms with Crippen LogP contribution in [0.5, 0.6) is 5.75 Å². The number of rotatable bonds is 4. The summed E-state index contributed by atoms with van der Waals surface area (Å²) >= 11 is 0. The predicted molar refractivity (Wildman–Crippen MR) is 89.9 cm³/mol. The number of aryl methyl sites for hydroxylation is 1. The molecule has 0 radical (unpaired) electrons. The second-order valence-electron chi connectivity index (χ2n) is 6.92. The number of likely N-dealkylation sites (tertiary alicyclic amines) is 1. The van der Waals surface area contributed by atoms with Crippen molar-refractivity contribution in [3.8, 4) is 5.75 Å². The van der Waals surface area contributed by atoms with Crippen LogP contribution in [0.1, 0.15) is 30.8 Å². The Balaban J connectivity index is 1.29. The molecule has 2 fully saturated rings. The van der Waals surface area contributed by atoms with Crippen LogP contribution < -0.4 is 4.74 Å². The van der Waals surface area contributed by atoms with Crippen molar-refractivity contribution in [3.63, 3.8) is 0 Å². The lowest BCUT2D eigenvalue weighted by molar-refractivity contribution is -0.0463. The van der Waals surface area contributed by atoms with E-state index in [2.05, 4.69) is 16.0 Å². The van der Waals surface area contributed by atoms with E-state index in [9.17, 15) is 0 Å². The van der Waals surface area contributed by atoms with Crippen molar-refractivity contribution >= 4 is 0 Å². The van der Waals surface area contributed by atoms with Crippen LogP contribution in [0, 0.1) is 6.92 Å². The molecule has 2 saturated heterocycles. The van der Waals surface area contributed by atoms with E-state index >= 15 is 0 Å². The van der Waals surface area contributed by atoms with Gasteiger partial charge in [-0.2, -0.15) is 0 Å². The lowest BCUT2D eigenvalue weighted by atomic mass is 9.88. The van der Waals surface area contributed by atoms with E-state index in [-0.39, 0.29) is 11.7 Å². The van der Waals surface area contributed by atoms with Gasteiger partial charge in [-0.3, -0.25) is 9.88 Å². The smallest absolute Gasteiger partial charge is 0.138 e. The number of ether oxygens (including phenoxy) is 2. The molecule has 0 N–H and O–H groups in total. The first-order chi connectivity index (χ1) is 11.7. The molecule has 0 bridgehead atoms. The van der Waals surface area contributed by atoms with Crippen LogP contribution in [0.3, 0.4) is 0 Å². The molecular weight excluding hydrogens is 304 g/mol. The Labute approximate surface area is 142 Å². The predicted octanol–water partition coefficient (Wildman–Crippen LogP) is 3.19. The molecule has 0 amide bonds. The molecule has 128 valence electrons. The van der Waals surface area contributed by atoms with Crippen molar-refractivity contribution in [2.24, 2.45) is 0 Å². The number of hydrogen-bond donors (Lipinski definition) is 0. The van der Waals surface area contributed by atoms with Crippen molar-refractivity contribution in [1.29, 1.82) is 0 Å². The second-order valence-corrected chi connectivity index (χ2v) is 6.92. The molecule has 0 aromatic carbocycles. The van der Waals surface area contributed by atoms with E-state index in [0.717, 1.165) is 56.2 Å². The Hall–Kier alpha value is -1.85. The average Bonchev–Trinajstić information content (AvgIpc) is 3.18. The normalized spacial score (nSPS) is 23.6. The summed E-state index contributed by atoms with van der Waals surface area (Å²) in [6, 6.07) is 7.95. The first-order valence-corrected chi connectivity index (χ1v) is 8.69. The Morgan fingerprint density at radius 1 is 1.29 bits per heavy atom. The van der Waals surface area contributed by atoms with Gasteiger partial charge >= 0.3 is 0 Å². The molecule has 2 aliphatic rings. The highest BCUT2D eigenvalue weighted by Gasteiger charge is 2.43. The van der Waals surface area contributed by atoms with Gasteiger partial charge in [0.25, 0.3) is 0 Å². The summed E-state index contributed by atoms with van der Waals surface area (Å²) in [6.45, 7) is 5.63. The van der Waals surface area contributed by atoms with Crippen molar-refractivity contribution < 1.29 is 13.9 Å². The largest absolute Gasteiger partial charge is 0.486 e. The monoisotopic (exact) mass is 328 g/mol. The standard InChI is InChI=1S/C19H24N2O3/c1-15-4-5-17(23-15)13-21-9-6-19(7-10-21)11-18(14-22-19)24-16-3-2-8-20-12-16/h2-5,8,12,18H,6-7,9-11,13-14H2,1H3/t18-/m1/s1. The maximum atomic E-state index is 6.17. The van der Waals surface area contributed by atoms with Gasteiger partial charge in [0.2, 0.25) is 0 Å². The van der Waals surface area contributed by atoms with Gasteiger partial charge in [0.15, 0.2) is 0 Å². The number of nitrogens with zero attached hydrogens (tertiary/aromatic N) is 2. The number of hydrogen-bond acceptors (Lipinski definition) is 5. The van der Waals surface area contributed by atoms with Gasteiger partial charge in [-0.15, -0.1) is 0 Å². The summed E-state index contributed by atoms with van der Waals surface area (Å²) in [5.41, 5.74) is -0.0115. The molecule has 2 aromatic rings. The van der Waals surface area contributed by atoms with Gasteiger partial charge in [-0.05, 0) is 44.0 Å². The molecule has 1 spiro atoms. The minimum Gasteiger partial charge on any atom is -0.486 e. The third kappa shape index (κ3) is 3.47. The van der Waals surface area contributed by atoms with E-state index in [1.165, 1.54) is 0 Å². The number of pyridine rings is 1. The quantitative estimate of drug-likeness (QED) is 0.863. The van der Waals surface area contributed by atoms with E-state index in [1.54, 1.807) is 12.4 Å². The molecule has 5 heteroatoms. The van der Waals surface area contributed by atoms with Gasteiger partial charge in [0.05, 0.1) is 24.9 Å². The fourth-order valence-electron chi connectivity index (χ4n) is 3.75. The van der Waals surface area contributed by atoms with Gasteiger partial charge in [-0.25, -0.2) is 0 Å². The third-order valence-corrected chi connectivity index (χ3v) is 5.05. The van der Waals surface area contributed by atoms with Crippen LogP contribution in [-0.4, -0.2) is 41.3 Å². The summed E-state index contributed by atoms with van der Waals surface area (Å²) in [5, 5.41) is 0. The third-order valence-electron chi connectivity index (χ3n) is 5.05. The van der Waals surface area contributed by atoms with E-state index in [1.807, 2.05) is 25.1 Å². The Morgan fingerprint density at radius 2 is 2.17 bits per heavy atom. The Kier molecular flexibility index (Phi) is 4.29. The highest BCUT2D eigenvalue weighted by molar-refractivity contribution is 5.16. The number of piperidine rings is 1. The van der Waals surface area contributed by atoms with Crippen LogP contribution in [0.2, 0.25) is 0 Å².